The zero-order valence-corrected chi connectivity index (χ0v) is 28.1. The molecule has 11 rings (SSSR count). The summed E-state index contributed by atoms with van der Waals surface area (Å²) >= 11 is 0. The molecule has 0 saturated carbocycles. The number of anilines is 1. The standard InChI is InChI=1S/C43H28N4O4/c1-45-30-17-29-28(16-33(30)49-2)40-41(46-29)25-11-7-21-20-6-10-24-31-14-5-19-15-34(50-3)35(51-4)18-32(19)47(31)43(44)27-13-9-23(36(20)38(24)27)22-8-12-26(42(40)48)39(25)37(21)22/h5-13,15-18,40,44-45H,1-4H3. The van der Waals surface area contributed by atoms with Gasteiger partial charge >= 0.3 is 0 Å². The number of pyridine rings is 1. The number of carbonyl (C=O) groups is 1. The smallest absolute Gasteiger partial charge is 0.177 e. The summed E-state index contributed by atoms with van der Waals surface area (Å²) < 4.78 is 18.8. The highest BCUT2D eigenvalue weighted by atomic mass is 16.5. The number of hydrogen-bond donors (Lipinski definition) is 2. The minimum Gasteiger partial charge on any atom is -0.495 e. The minimum absolute atomic E-state index is 0.0538. The Balaban J connectivity index is 1.21. The van der Waals surface area contributed by atoms with Crippen molar-refractivity contribution < 1.29 is 19.0 Å². The fraction of sp³-hybridized carbons (Fsp3) is 0.116. The fourth-order valence-corrected chi connectivity index (χ4v) is 9.03. The first-order chi connectivity index (χ1) is 24.9. The van der Waals surface area contributed by atoms with Gasteiger partial charge in [0.25, 0.3) is 0 Å². The van der Waals surface area contributed by atoms with Crippen LogP contribution in [0.15, 0.2) is 77.8 Å². The average Bonchev–Trinajstić information content (AvgIpc) is 3.55. The number of nitrogens with one attached hydrogen (secondary N) is 2. The van der Waals surface area contributed by atoms with Gasteiger partial charge in [-0.25, -0.2) is 0 Å². The lowest BCUT2D eigenvalue weighted by Gasteiger charge is -2.26. The first-order valence-electron chi connectivity index (χ1n) is 16.8. The van der Waals surface area contributed by atoms with Crippen molar-refractivity contribution in [3.63, 3.8) is 0 Å². The van der Waals surface area contributed by atoms with Gasteiger partial charge in [0.05, 0.1) is 55.4 Å². The van der Waals surface area contributed by atoms with Crippen LogP contribution in [0.3, 0.4) is 0 Å². The summed E-state index contributed by atoms with van der Waals surface area (Å²) in [6.07, 6.45) is 1.96. The van der Waals surface area contributed by atoms with Crippen molar-refractivity contribution in [1.29, 1.82) is 5.41 Å². The average molecular weight is 665 g/mol. The molecule has 244 valence electrons. The van der Waals surface area contributed by atoms with Crippen LogP contribution in [0.5, 0.6) is 17.2 Å². The Labute approximate surface area is 290 Å². The van der Waals surface area contributed by atoms with E-state index < -0.39 is 5.92 Å². The molecule has 8 aromatic rings. The third-order valence-corrected chi connectivity index (χ3v) is 11.2. The van der Waals surface area contributed by atoms with E-state index in [1.807, 2.05) is 48.0 Å². The highest BCUT2D eigenvalue weighted by molar-refractivity contribution is 6.43. The minimum atomic E-state index is -0.481. The Hall–Kier alpha value is -6.63. The van der Waals surface area contributed by atoms with Crippen molar-refractivity contribution in [2.75, 3.05) is 33.7 Å². The van der Waals surface area contributed by atoms with E-state index in [0.717, 1.165) is 98.7 Å². The first-order valence-corrected chi connectivity index (χ1v) is 16.8. The fourth-order valence-electron chi connectivity index (χ4n) is 9.03. The predicted molar refractivity (Wildman–Crippen MR) is 202 cm³/mol. The van der Waals surface area contributed by atoms with Gasteiger partial charge in [0.2, 0.25) is 0 Å². The molecule has 0 bridgehead atoms. The number of methoxy groups -OCH3 is 3. The molecule has 1 aliphatic carbocycles. The van der Waals surface area contributed by atoms with Gasteiger partial charge in [0.15, 0.2) is 17.3 Å². The summed E-state index contributed by atoms with van der Waals surface area (Å²) in [7, 11) is 6.74. The van der Waals surface area contributed by atoms with E-state index in [1.54, 1.807) is 21.3 Å². The second kappa shape index (κ2) is 9.53. The molecule has 1 unspecified atom stereocenters. The Morgan fingerprint density at radius 2 is 1.33 bits per heavy atom. The molecule has 2 N–H and O–H groups in total. The number of rotatable bonds is 4. The Bertz CT molecular complexity index is 3150. The van der Waals surface area contributed by atoms with Crippen LogP contribution in [0.1, 0.15) is 33.0 Å². The number of nitrogens with zero attached hydrogens (tertiary/aromatic N) is 2. The summed E-state index contributed by atoms with van der Waals surface area (Å²) in [5.41, 5.74) is 10.6. The maximum Gasteiger partial charge on any atom is 0.177 e. The second-order valence-corrected chi connectivity index (χ2v) is 13.4. The number of carbonyl (C=O) groups excluding carboxylic acids is 1. The van der Waals surface area contributed by atoms with Gasteiger partial charge in [-0.1, -0.05) is 48.2 Å². The van der Waals surface area contributed by atoms with Crippen molar-refractivity contribution in [2.45, 2.75) is 5.92 Å². The summed E-state index contributed by atoms with van der Waals surface area (Å²) in [6.45, 7) is 0. The molecule has 0 amide bonds. The summed E-state index contributed by atoms with van der Waals surface area (Å²) in [5, 5.41) is 23.9. The number of ether oxygens (including phenoxy) is 3. The molecule has 0 spiro atoms. The van der Waals surface area contributed by atoms with Gasteiger partial charge in [0, 0.05) is 51.3 Å². The number of aromatic nitrogens is 1. The molecule has 51 heavy (non-hydrogen) atoms. The van der Waals surface area contributed by atoms with E-state index in [2.05, 4.69) is 53.5 Å². The molecule has 2 aliphatic heterocycles. The molecule has 1 aromatic heterocycles. The third kappa shape index (κ3) is 3.28. The number of Topliss-reactive ketones (excluding diaryl/α,β-unsaturated/α-hetero) is 1. The maximum absolute atomic E-state index is 14.4. The molecule has 7 aromatic carbocycles. The SMILES string of the molecule is CNc1cc2c(cc1OC)C1C(=O)c3ccc4c5ccc6c(=N)n7c(c8ccc(c9ccc(c3c49)C1=N2)c5c68)=C=Cc1cc(OC)c(OC)cc1-7. The lowest BCUT2D eigenvalue weighted by atomic mass is 9.75. The lowest BCUT2D eigenvalue weighted by molar-refractivity contribution is 0.0984. The first kappa shape index (κ1) is 28.2. The second-order valence-electron chi connectivity index (χ2n) is 13.4. The van der Waals surface area contributed by atoms with Crippen LogP contribution >= 0.6 is 0 Å². The van der Waals surface area contributed by atoms with Gasteiger partial charge in [-0.05, 0) is 68.2 Å². The Morgan fingerprint density at radius 3 is 2.04 bits per heavy atom. The monoisotopic (exact) mass is 664 g/mol. The summed E-state index contributed by atoms with van der Waals surface area (Å²) in [6, 6.07) is 24.7. The molecule has 0 radical (unpaired) electrons. The molecule has 8 nitrogen and oxygen atoms in total. The molecule has 8 heteroatoms. The van der Waals surface area contributed by atoms with E-state index >= 15 is 0 Å². The highest BCUT2D eigenvalue weighted by Gasteiger charge is 2.41. The van der Waals surface area contributed by atoms with Crippen LogP contribution in [-0.2, 0) is 0 Å². The quantitative estimate of drug-likeness (QED) is 0.148. The van der Waals surface area contributed by atoms with Crippen molar-refractivity contribution in [2.24, 2.45) is 4.99 Å². The van der Waals surface area contributed by atoms with E-state index in [1.165, 1.54) is 0 Å². The van der Waals surface area contributed by atoms with Crippen molar-refractivity contribution in [3.05, 3.63) is 106 Å². The van der Waals surface area contributed by atoms with E-state index in [4.69, 9.17) is 19.2 Å². The highest BCUT2D eigenvalue weighted by Crippen LogP contribution is 2.51. The molecule has 0 saturated heterocycles. The van der Waals surface area contributed by atoms with Crippen LogP contribution < -0.4 is 30.4 Å². The number of benzene rings is 7. The van der Waals surface area contributed by atoms with Crippen LogP contribution in [0.4, 0.5) is 11.4 Å². The molecule has 3 heterocycles. The van der Waals surface area contributed by atoms with Crippen molar-refractivity contribution >= 4 is 88.5 Å². The van der Waals surface area contributed by atoms with Gasteiger partial charge in [-0.2, -0.15) is 0 Å². The third-order valence-electron chi connectivity index (χ3n) is 11.2. The van der Waals surface area contributed by atoms with Crippen LogP contribution in [0.25, 0.3) is 71.4 Å². The lowest BCUT2D eigenvalue weighted by Crippen LogP contribution is -2.34. The normalized spacial score (nSPS) is 15.3. The molecule has 0 fully saturated rings. The van der Waals surface area contributed by atoms with Crippen molar-refractivity contribution in [3.8, 4) is 22.9 Å². The van der Waals surface area contributed by atoms with Gasteiger partial charge in [-0.3, -0.25) is 19.8 Å². The molecular formula is C43H28N4O4. The van der Waals surface area contributed by atoms with Gasteiger partial charge in [-0.15, -0.1) is 0 Å². The Kier molecular flexibility index (Phi) is 5.28. The molecular weight excluding hydrogens is 636 g/mol. The summed E-state index contributed by atoms with van der Waals surface area (Å²) in [4.78, 5) is 19.5. The number of fused-ring (bicyclic) bond motifs is 10. The van der Waals surface area contributed by atoms with Crippen LogP contribution in [0.2, 0.25) is 0 Å². The topological polar surface area (TPSA) is 97.9 Å². The largest absolute Gasteiger partial charge is 0.495 e. The number of aliphatic imine (C=N–C) groups is 1. The van der Waals surface area contributed by atoms with Crippen molar-refractivity contribution in [1.82, 2.24) is 4.57 Å². The van der Waals surface area contributed by atoms with Crippen LogP contribution in [-0.4, -0.2) is 44.4 Å². The van der Waals surface area contributed by atoms with Gasteiger partial charge < -0.3 is 19.5 Å². The maximum atomic E-state index is 14.4. The molecule has 3 aliphatic rings. The predicted octanol–water partition coefficient (Wildman–Crippen LogP) is 7.77. The van der Waals surface area contributed by atoms with Crippen LogP contribution in [0, 0.1) is 5.41 Å². The van der Waals surface area contributed by atoms with E-state index in [0.29, 0.717) is 28.3 Å². The number of hydrogen-bond acceptors (Lipinski definition) is 7. The zero-order chi connectivity index (χ0) is 34.4. The Morgan fingerprint density at radius 1 is 0.725 bits per heavy atom. The van der Waals surface area contributed by atoms with E-state index in [9.17, 15) is 10.2 Å². The number of ketones is 1. The van der Waals surface area contributed by atoms with Gasteiger partial charge in [0.1, 0.15) is 11.2 Å². The van der Waals surface area contributed by atoms with E-state index in [-0.39, 0.29) is 5.78 Å². The summed E-state index contributed by atoms with van der Waals surface area (Å²) in [5.74, 6) is 1.49. The molecule has 1 atom stereocenters. The zero-order valence-electron chi connectivity index (χ0n) is 28.1.